The molecule has 0 saturated heterocycles. The summed E-state index contributed by atoms with van der Waals surface area (Å²) in [6.07, 6.45) is 1.63. The fraction of sp³-hybridized carbons (Fsp3) is 0.0800. The Balaban J connectivity index is 1.55. The van der Waals surface area contributed by atoms with Crippen LogP contribution in [0.2, 0.25) is 0 Å². The van der Waals surface area contributed by atoms with E-state index in [-0.39, 0.29) is 5.97 Å². The van der Waals surface area contributed by atoms with Crippen LogP contribution in [0.5, 0.6) is 0 Å². The molecule has 0 spiro atoms. The lowest BCUT2D eigenvalue weighted by atomic mass is 10.0. The first-order valence-electron chi connectivity index (χ1n) is 9.77. The minimum Gasteiger partial charge on any atom is -0.462 e. The fourth-order valence-electron chi connectivity index (χ4n) is 3.18. The van der Waals surface area contributed by atoms with Crippen LogP contribution in [0.3, 0.4) is 0 Å². The van der Waals surface area contributed by atoms with Gasteiger partial charge in [0.15, 0.2) is 0 Å². The van der Waals surface area contributed by atoms with E-state index in [1.54, 1.807) is 37.4 Å². The summed E-state index contributed by atoms with van der Waals surface area (Å²) in [4.78, 5) is 16.4. The van der Waals surface area contributed by atoms with Crippen LogP contribution in [0.25, 0.3) is 27.6 Å². The van der Waals surface area contributed by atoms with Crippen molar-refractivity contribution in [2.75, 3.05) is 11.9 Å². The molecule has 0 aliphatic rings. The largest absolute Gasteiger partial charge is 0.462 e. The molecule has 0 fully saturated rings. The lowest BCUT2D eigenvalue weighted by Gasteiger charge is -2.04. The number of hydrogen-bond donors (Lipinski definition) is 1. The SMILES string of the molecule is CCOC(=O)c1ccc(N/C=C(\C#N)c2nc(-c3cccc4ccccc34)cs2)cc1. The van der Waals surface area contributed by atoms with Gasteiger partial charge in [-0.3, -0.25) is 0 Å². The second-order valence-corrected chi connectivity index (χ2v) is 7.53. The molecule has 1 aromatic heterocycles. The fourth-order valence-corrected chi connectivity index (χ4v) is 3.97. The number of nitrogens with zero attached hydrogens (tertiary/aromatic N) is 2. The number of anilines is 1. The van der Waals surface area contributed by atoms with E-state index >= 15 is 0 Å². The Morgan fingerprint density at radius 3 is 2.68 bits per heavy atom. The second-order valence-electron chi connectivity index (χ2n) is 6.68. The molecule has 0 radical (unpaired) electrons. The van der Waals surface area contributed by atoms with Crippen LogP contribution in [0, 0.1) is 11.3 Å². The molecule has 0 amide bonds. The lowest BCUT2D eigenvalue weighted by molar-refractivity contribution is 0.0526. The van der Waals surface area contributed by atoms with Crippen molar-refractivity contribution >= 4 is 39.3 Å². The first-order valence-corrected chi connectivity index (χ1v) is 10.7. The maximum Gasteiger partial charge on any atom is 0.338 e. The predicted molar refractivity (Wildman–Crippen MR) is 125 cm³/mol. The van der Waals surface area contributed by atoms with Gasteiger partial charge in [-0.15, -0.1) is 11.3 Å². The Bertz CT molecular complexity index is 1300. The standard InChI is InChI=1S/C25H19N3O2S/c1-2-30-25(29)18-10-12-20(13-11-18)27-15-19(14-26)24-28-23(16-31-24)22-9-5-7-17-6-3-4-8-21(17)22/h3-13,15-16,27H,2H2,1H3/b19-15+. The number of aromatic nitrogens is 1. The third-order valence-corrected chi connectivity index (χ3v) is 5.58. The van der Waals surface area contributed by atoms with Crippen LogP contribution in [-0.4, -0.2) is 17.6 Å². The van der Waals surface area contributed by atoms with E-state index in [1.807, 2.05) is 29.6 Å². The van der Waals surface area contributed by atoms with Crippen molar-refractivity contribution < 1.29 is 9.53 Å². The summed E-state index contributed by atoms with van der Waals surface area (Å²) in [7, 11) is 0. The Hall–Kier alpha value is -3.95. The molecule has 1 N–H and O–H groups in total. The maximum absolute atomic E-state index is 11.7. The summed E-state index contributed by atoms with van der Waals surface area (Å²) in [6.45, 7) is 2.11. The highest BCUT2D eigenvalue weighted by Crippen LogP contribution is 2.31. The van der Waals surface area contributed by atoms with Crippen LogP contribution in [0.4, 0.5) is 5.69 Å². The summed E-state index contributed by atoms with van der Waals surface area (Å²) in [5, 5.41) is 17.6. The van der Waals surface area contributed by atoms with Gasteiger partial charge >= 0.3 is 5.97 Å². The molecule has 0 saturated carbocycles. The smallest absolute Gasteiger partial charge is 0.338 e. The third-order valence-electron chi connectivity index (χ3n) is 4.70. The van der Waals surface area contributed by atoms with E-state index in [2.05, 4.69) is 29.6 Å². The number of benzene rings is 3. The van der Waals surface area contributed by atoms with Crippen LogP contribution < -0.4 is 5.32 Å². The Kier molecular flexibility index (Phi) is 6.06. The molecule has 0 aliphatic carbocycles. The van der Waals surface area contributed by atoms with Gasteiger partial charge in [0.05, 0.1) is 17.9 Å². The highest BCUT2D eigenvalue weighted by atomic mass is 32.1. The molecule has 5 nitrogen and oxygen atoms in total. The normalized spacial score (nSPS) is 11.2. The van der Waals surface area contributed by atoms with E-state index in [9.17, 15) is 10.1 Å². The zero-order valence-corrected chi connectivity index (χ0v) is 17.6. The van der Waals surface area contributed by atoms with E-state index < -0.39 is 0 Å². The number of nitrogens with one attached hydrogen (secondary N) is 1. The Morgan fingerprint density at radius 2 is 1.90 bits per heavy atom. The van der Waals surface area contributed by atoms with Crippen LogP contribution in [0.15, 0.2) is 78.3 Å². The molecule has 31 heavy (non-hydrogen) atoms. The third kappa shape index (κ3) is 4.47. The van der Waals surface area contributed by atoms with Gasteiger partial charge < -0.3 is 10.1 Å². The highest BCUT2D eigenvalue weighted by Gasteiger charge is 2.11. The van der Waals surface area contributed by atoms with Crippen molar-refractivity contribution in [2.45, 2.75) is 6.92 Å². The van der Waals surface area contributed by atoms with Crippen LogP contribution in [-0.2, 0) is 4.74 Å². The highest BCUT2D eigenvalue weighted by molar-refractivity contribution is 7.11. The first-order chi connectivity index (χ1) is 15.2. The average Bonchev–Trinajstić information content (AvgIpc) is 3.29. The van der Waals surface area contributed by atoms with Crippen LogP contribution in [0.1, 0.15) is 22.3 Å². The Labute approximate surface area is 184 Å². The molecule has 0 aliphatic heterocycles. The maximum atomic E-state index is 11.7. The van der Waals surface area contributed by atoms with Gasteiger partial charge in [-0.25, -0.2) is 9.78 Å². The molecular weight excluding hydrogens is 406 g/mol. The lowest BCUT2D eigenvalue weighted by Crippen LogP contribution is -2.04. The molecule has 0 atom stereocenters. The Morgan fingerprint density at radius 1 is 1.13 bits per heavy atom. The number of hydrogen-bond acceptors (Lipinski definition) is 6. The molecule has 4 rings (SSSR count). The van der Waals surface area contributed by atoms with Crippen molar-refractivity contribution in [3.05, 3.63) is 88.9 Å². The predicted octanol–water partition coefficient (Wildman–Crippen LogP) is 6.12. The van der Waals surface area contributed by atoms with E-state index in [1.165, 1.54) is 11.3 Å². The van der Waals surface area contributed by atoms with Gasteiger partial charge in [0.25, 0.3) is 0 Å². The minimum absolute atomic E-state index is 0.335. The number of ether oxygens (including phenoxy) is 1. The molecule has 152 valence electrons. The summed E-state index contributed by atoms with van der Waals surface area (Å²) >= 11 is 1.43. The molecular formula is C25H19N3O2S. The van der Waals surface area contributed by atoms with Gasteiger partial charge in [0, 0.05) is 22.8 Å². The molecule has 0 bridgehead atoms. The summed E-state index contributed by atoms with van der Waals surface area (Å²) in [6, 6.07) is 23.4. The molecule has 1 heterocycles. The van der Waals surface area contributed by atoms with Crippen molar-refractivity contribution in [1.29, 1.82) is 5.26 Å². The van der Waals surface area contributed by atoms with Crippen molar-refractivity contribution in [2.24, 2.45) is 0 Å². The number of nitriles is 1. The summed E-state index contributed by atoms with van der Waals surface area (Å²) < 4.78 is 4.99. The number of carbonyl (C=O) groups is 1. The van der Waals surface area contributed by atoms with Gasteiger partial charge in [-0.05, 0) is 42.0 Å². The number of rotatable bonds is 6. The monoisotopic (exact) mass is 425 g/mol. The van der Waals surface area contributed by atoms with Crippen LogP contribution >= 0.6 is 11.3 Å². The number of allylic oxidation sites excluding steroid dienone is 1. The topological polar surface area (TPSA) is 75.0 Å². The van der Waals surface area contributed by atoms with Crippen molar-refractivity contribution in [1.82, 2.24) is 4.98 Å². The van der Waals surface area contributed by atoms with E-state index in [0.717, 1.165) is 27.7 Å². The van der Waals surface area contributed by atoms with Crippen molar-refractivity contribution in [3.63, 3.8) is 0 Å². The quantitative estimate of drug-likeness (QED) is 0.298. The number of thiazole rings is 1. The van der Waals surface area contributed by atoms with Crippen molar-refractivity contribution in [3.8, 4) is 17.3 Å². The molecule has 4 aromatic rings. The summed E-state index contributed by atoms with van der Waals surface area (Å²) in [5.74, 6) is -0.356. The zero-order valence-electron chi connectivity index (χ0n) is 16.8. The number of fused-ring (bicyclic) bond motifs is 1. The van der Waals surface area contributed by atoms with Gasteiger partial charge in [0.2, 0.25) is 0 Å². The first kappa shape index (κ1) is 20.3. The molecule has 0 unspecified atom stereocenters. The van der Waals surface area contributed by atoms with Gasteiger partial charge in [0.1, 0.15) is 16.6 Å². The zero-order chi connectivity index (χ0) is 21.6. The minimum atomic E-state index is -0.356. The number of carbonyl (C=O) groups excluding carboxylic acids is 1. The van der Waals surface area contributed by atoms with E-state index in [0.29, 0.717) is 22.8 Å². The van der Waals surface area contributed by atoms with Gasteiger partial charge in [-0.1, -0.05) is 42.5 Å². The second kappa shape index (κ2) is 9.24. The molecule has 3 aromatic carbocycles. The number of esters is 1. The van der Waals surface area contributed by atoms with Gasteiger partial charge in [-0.2, -0.15) is 5.26 Å². The summed E-state index contributed by atoms with van der Waals surface area (Å²) in [5.41, 5.74) is 3.56. The molecule has 6 heteroatoms. The van der Waals surface area contributed by atoms with E-state index in [4.69, 9.17) is 9.72 Å². The average molecular weight is 426 g/mol.